The summed E-state index contributed by atoms with van der Waals surface area (Å²) in [5, 5.41) is 17.8. The molecule has 0 aliphatic carbocycles. The number of carboxylic acids is 1. The lowest BCUT2D eigenvalue weighted by atomic mass is 10.1. The van der Waals surface area contributed by atoms with Gasteiger partial charge in [0.1, 0.15) is 5.71 Å². The highest BCUT2D eigenvalue weighted by Gasteiger charge is 2.11. The van der Waals surface area contributed by atoms with Crippen LogP contribution in [0.5, 0.6) is 0 Å². The molecule has 68 valence electrons. The minimum Gasteiger partial charge on any atom is -0.477 e. The monoisotopic (exact) mass is 172 g/mol. The number of carbonyl (C=O) groups is 2. The molecule has 0 aromatic carbocycles. The molecule has 0 aliphatic heterocycles. The van der Waals surface area contributed by atoms with Crippen LogP contribution in [0.1, 0.15) is 20.3 Å². The minimum absolute atomic E-state index is 0.0505. The van der Waals surface area contributed by atoms with Crippen LogP contribution in [0.3, 0.4) is 0 Å². The van der Waals surface area contributed by atoms with Crippen LogP contribution in [0.2, 0.25) is 0 Å². The van der Waals surface area contributed by atoms with Gasteiger partial charge < -0.3 is 10.4 Å². The molecule has 0 saturated heterocycles. The van der Waals surface area contributed by atoms with Crippen molar-refractivity contribution in [1.82, 2.24) is 5.32 Å². The van der Waals surface area contributed by atoms with Gasteiger partial charge in [-0.15, -0.1) is 0 Å². The van der Waals surface area contributed by atoms with Gasteiger partial charge in [-0.1, -0.05) is 0 Å². The van der Waals surface area contributed by atoms with Crippen molar-refractivity contribution in [2.24, 2.45) is 0 Å². The van der Waals surface area contributed by atoms with Crippen LogP contribution >= 0.6 is 0 Å². The van der Waals surface area contributed by atoms with Crippen molar-refractivity contribution >= 4 is 17.6 Å². The van der Waals surface area contributed by atoms with Crippen molar-refractivity contribution in [3.63, 3.8) is 0 Å². The molecule has 12 heavy (non-hydrogen) atoms. The van der Waals surface area contributed by atoms with Crippen molar-refractivity contribution in [3.8, 4) is 0 Å². The van der Waals surface area contributed by atoms with E-state index in [9.17, 15) is 9.59 Å². The second-order valence-corrected chi connectivity index (χ2v) is 2.59. The fourth-order valence-corrected chi connectivity index (χ4v) is 0.792. The van der Waals surface area contributed by atoms with E-state index in [-0.39, 0.29) is 18.4 Å². The maximum absolute atomic E-state index is 10.5. The molecule has 0 saturated carbocycles. The zero-order valence-corrected chi connectivity index (χ0v) is 7.05. The van der Waals surface area contributed by atoms with Crippen LogP contribution in [0, 0.1) is 5.41 Å². The SMILES string of the molecule is CC(=O)N[C@H](C)CC(=N)C(=O)O. The highest BCUT2D eigenvalue weighted by Crippen LogP contribution is 1.92. The normalized spacial score (nSPS) is 11.8. The Labute approximate surface area is 70.3 Å². The maximum atomic E-state index is 10.5. The number of amides is 1. The van der Waals surface area contributed by atoms with Gasteiger partial charge in [0.05, 0.1) is 0 Å². The minimum atomic E-state index is -1.24. The van der Waals surface area contributed by atoms with Gasteiger partial charge in [0.25, 0.3) is 0 Å². The molecule has 5 nitrogen and oxygen atoms in total. The number of nitrogens with one attached hydrogen (secondary N) is 2. The number of carbonyl (C=O) groups excluding carboxylic acids is 1. The standard InChI is InChI=1S/C7H12N2O3/c1-4(9-5(2)10)3-6(8)7(11)12/h4,8H,3H2,1-2H3,(H,9,10)(H,11,12)/t4-/m1/s1. The molecule has 0 fully saturated rings. The number of rotatable bonds is 4. The number of aliphatic carboxylic acids is 1. The predicted octanol–water partition coefficient (Wildman–Crippen LogP) is 0.00547. The Balaban J connectivity index is 3.84. The highest BCUT2D eigenvalue weighted by atomic mass is 16.4. The summed E-state index contributed by atoms with van der Waals surface area (Å²) in [6, 6.07) is -0.300. The fraction of sp³-hybridized carbons (Fsp3) is 0.571. The van der Waals surface area contributed by atoms with E-state index in [4.69, 9.17) is 10.5 Å². The number of carboxylic acid groups (broad SMARTS) is 1. The van der Waals surface area contributed by atoms with Crippen molar-refractivity contribution in [3.05, 3.63) is 0 Å². The molecule has 0 spiro atoms. The molecule has 0 heterocycles. The number of hydrogen-bond acceptors (Lipinski definition) is 3. The average molecular weight is 172 g/mol. The summed E-state index contributed by atoms with van der Waals surface area (Å²) >= 11 is 0. The van der Waals surface area contributed by atoms with E-state index in [0.29, 0.717) is 0 Å². The van der Waals surface area contributed by atoms with Crippen LogP contribution in [-0.2, 0) is 9.59 Å². The molecular weight excluding hydrogens is 160 g/mol. The van der Waals surface area contributed by atoms with Gasteiger partial charge in [-0.3, -0.25) is 10.2 Å². The molecule has 0 radical (unpaired) electrons. The van der Waals surface area contributed by atoms with Gasteiger partial charge in [0.2, 0.25) is 5.91 Å². The molecule has 5 heteroatoms. The summed E-state index contributed by atoms with van der Waals surface area (Å²) in [5.74, 6) is -1.46. The summed E-state index contributed by atoms with van der Waals surface area (Å²) in [5.41, 5.74) is -0.392. The lowest BCUT2D eigenvalue weighted by Crippen LogP contribution is -2.33. The van der Waals surface area contributed by atoms with Crippen molar-refractivity contribution < 1.29 is 14.7 Å². The molecule has 0 bridgehead atoms. The van der Waals surface area contributed by atoms with Crippen LogP contribution in [-0.4, -0.2) is 28.7 Å². The summed E-state index contributed by atoms with van der Waals surface area (Å²) in [6.45, 7) is 3.00. The average Bonchev–Trinajstić information content (AvgIpc) is 1.84. The zero-order chi connectivity index (χ0) is 9.72. The molecule has 0 unspecified atom stereocenters. The molecule has 0 aromatic heterocycles. The van der Waals surface area contributed by atoms with Gasteiger partial charge in [-0.2, -0.15) is 0 Å². The van der Waals surface area contributed by atoms with Crippen molar-refractivity contribution in [2.75, 3.05) is 0 Å². The molecule has 1 amide bonds. The smallest absolute Gasteiger partial charge is 0.349 e. The maximum Gasteiger partial charge on any atom is 0.349 e. The highest BCUT2D eigenvalue weighted by molar-refractivity contribution is 6.34. The Morgan fingerprint density at radius 1 is 1.58 bits per heavy atom. The Morgan fingerprint density at radius 2 is 2.08 bits per heavy atom. The quantitative estimate of drug-likeness (QED) is 0.521. The first-order chi connectivity index (χ1) is 5.43. The lowest BCUT2D eigenvalue weighted by molar-refractivity contribution is -0.129. The third-order valence-electron chi connectivity index (χ3n) is 1.22. The molecule has 0 aliphatic rings. The Bertz CT molecular complexity index is 213. The van der Waals surface area contributed by atoms with Crippen molar-refractivity contribution in [2.45, 2.75) is 26.3 Å². The van der Waals surface area contributed by atoms with Crippen LogP contribution < -0.4 is 5.32 Å². The van der Waals surface area contributed by atoms with E-state index in [1.54, 1.807) is 6.92 Å². The Hall–Kier alpha value is -1.39. The van der Waals surface area contributed by atoms with Crippen molar-refractivity contribution in [1.29, 1.82) is 5.41 Å². The first-order valence-corrected chi connectivity index (χ1v) is 3.51. The Kier molecular flexibility index (Phi) is 3.96. The molecular formula is C7H12N2O3. The fourth-order valence-electron chi connectivity index (χ4n) is 0.792. The number of hydrogen-bond donors (Lipinski definition) is 3. The van der Waals surface area contributed by atoms with E-state index < -0.39 is 11.7 Å². The van der Waals surface area contributed by atoms with Crippen LogP contribution in [0.15, 0.2) is 0 Å². The lowest BCUT2D eigenvalue weighted by Gasteiger charge is -2.10. The van der Waals surface area contributed by atoms with E-state index in [0.717, 1.165) is 0 Å². The van der Waals surface area contributed by atoms with Gasteiger partial charge in [-0.05, 0) is 6.92 Å². The first-order valence-electron chi connectivity index (χ1n) is 3.51. The third kappa shape index (κ3) is 4.43. The molecule has 0 aromatic rings. The Morgan fingerprint density at radius 3 is 2.42 bits per heavy atom. The largest absolute Gasteiger partial charge is 0.477 e. The van der Waals surface area contributed by atoms with E-state index in [1.165, 1.54) is 6.92 Å². The van der Waals surface area contributed by atoms with Gasteiger partial charge in [0, 0.05) is 19.4 Å². The van der Waals surface area contributed by atoms with Crippen LogP contribution in [0.4, 0.5) is 0 Å². The third-order valence-corrected chi connectivity index (χ3v) is 1.22. The predicted molar refractivity (Wildman–Crippen MR) is 43.3 cm³/mol. The van der Waals surface area contributed by atoms with Crippen LogP contribution in [0.25, 0.3) is 0 Å². The molecule has 3 N–H and O–H groups in total. The van der Waals surface area contributed by atoms with E-state index >= 15 is 0 Å². The second kappa shape index (κ2) is 4.48. The van der Waals surface area contributed by atoms with Gasteiger partial charge in [-0.25, -0.2) is 4.79 Å². The topological polar surface area (TPSA) is 90.3 Å². The summed E-state index contributed by atoms with van der Waals surface area (Å²) < 4.78 is 0. The van der Waals surface area contributed by atoms with Gasteiger partial charge >= 0.3 is 5.97 Å². The zero-order valence-electron chi connectivity index (χ0n) is 7.05. The van der Waals surface area contributed by atoms with Gasteiger partial charge in [0.15, 0.2) is 0 Å². The first kappa shape index (κ1) is 10.6. The van der Waals surface area contributed by atoms with E-state index in [2.05, 4.69) is 5.32 Å². The molecule has 0 rings (SSSR count). The summed E-state index contributed by atoms with van der Waals surface area (Å²) in [4.78, 5) is 20.7. The summed E-state index contributed by atoms with van der Waals surface area (Å²) in [6.07, 6.45) is 0.0505. The second-order valence-electron chi connectivity index (χ2n) is 2.59. The summed E-state index contributed by atoms with van der Waals surface area (Å²) in [7, 11) is 0. The van der Waals surface area contributed by atoms with E-state index in [1.807, 2.05) is 0 Å². The molecule has 1 atom stereocenters.